The van der Waals surface area contributed by atoms with E-state index in [0.29, 0.717) is 12.1 Å². The maximum Gasteiger partial charge on any atom is 0.134 e. The number of rotatable bonds is 7. The first-order valence-electron chi connectivity index (χ1n) is 8.15. The standard InChI is InChI=1S/C18H26N2O/c1-4-20(13(2)3)12-16-15-7-5-6-8-17(15)21-18(16)11-19-14-9-10-14/h5-8,13-14,19H,4,9-12H2,1-3H3. The molecule has 0 aliphatic heterocycles. The SMILES string of the molecule is CCN(Cc1c(CNC2CC2)oc2ccccc12)C(C)C. The Morgan fingerprint density at radius 3 is 2.71 bits per heavy atom. The van der Waals surface area contributed by atoms with Crippen LogP contribution in [0.15, 0.2) is 28.7 Å². The molecule has 0 spiro atoms. The highest BCUT2D eigenvalue weighted by molar-refractivity contribution is 5.82. The molecule has 1 N–H and O–H groups in total. The molecule has 3 heteroatoms. The average Bonchev–Trinajstić information content (AvgIpc) is 3.24. The van der Waals surface area contributed by atoms with E-state index >= 15 is 0 Å². The number of furan rings is 1. The number of para-hydroxylation sites is 1. The van der Waals surface area contributed by atoms with Crippen LogP contribution in [0.5, 0.6) is 0 Å². The van der Waals surface area contributed by atoms with Crippen LogP contribution in [-0.4, -0.2) is 23.5 Å². The van der Waals surface area contributed by atoms with Gasteiger partial charge in [0.05, 0.1) is 6.54 Å². The fourth-order valence-electron chi connectivity index (χ4n) is 2.85. The van der Waals surface area contributed by atoms with E-state index in [0.717, 1.165) is 31.0 Å². The quantitative estimate of drug-likeness (QED) is 0.836. The first-order chi connectivity index (χ1) is 10.2. The molecule has 1 heterocycles. The van der Waals surface area contributed by atoms with Gasteiger partial charge in [0, 0.05) is 29.6 Å². The Morgan fingerprint density at radius 1 is 1.29 bits per heavy atom. The fourth-order valence-corrected chi connectivity index (χ4v) is 2.85. The second kappa shape index (κ2) is 6.20. The van der Waals surface area contributed by atoms with E-state index in [2.05, 4.69) is 49.2 Å². The Morgan fingerprint density at radius 2 is 2.05 bits per heavy atom. The predicted octanol–water partition coefficient (Wildman–Crippen LogP) is 3.92. The van der Waals surface area contributed by atoms with Crippen molar-refractivity contribution in [1.29, 1.82) is 0 Å². The molecule has 0 unspecified atom stereocenters. The molecule has 1 aromatic carbocycles. The van der Waals surface area contributed by atoms with Gasteiger partial charge < -0.3 is 9.73 Å². The molecule has 1 aliphatic carbocycles. The van der Waals surface area contributed by atoms with Gasteiger partial charge in [-0.05, 0) is 39.3 Å². The van der Waals surface area contributed by atoms with Gasteiger partial charge in [-0.1, -0.05) is 25.1 Å². The fraction of sp³-hybridized carbons (Fsp3) is 0.556. The highest BCUT2D eigenvalue weighted by Gasteiger charge is 2.23. The molecule has 2 aromatic rings. The third-order valence-corrected chi connectivity index (χ3v) is 4.41. The zero-order valence-corrected chi connectivity index (χ0v) is 13.4. The first kappa shape index (κ1) is 14.6. The van der Waals surface area contributed by atoms with E-state index in [9.17, 15) is 0 Å². The number of hydrogen-bond donors (Lipinski definition) is 1. The van der Waals surface area contributed by atoms with Crippen molar-refractivity contribution in [1.82, 2.24) is 10.2 Å². The average molecular weight is 286 g/mol. The van der Waals surface area contributed by atoms with E-state index in [1.165, 1.54) is 23.8 Å². The molecular weight excluding hydrogens is 260 g/mol. The summed E-state index contributed by atoms with van der Waals surface area (Å²) in [5.41, 5.74) is 2.37. The minimum Gasteiger partial charge on any atom is -0.459 e. The van der Waals surface area contributed by atoms with Crippen LogP contribution in [0.4, 0.5) is 0 Å². The van der Waals surface area contributed by atoms with Crippen molar-refractivity contribution in [2.24, 2.45) is 0 Å². The molecule has 0 amide bonds. The van der Waals surface area contributed by atoms with Gasteiger partial charge in [0.25, 0.3) is 0 Å². The van der Waals surface area contributed by atoms with E-state index in [-0.39, 0.29) is 0 Å². The maximum absolute atomic E-state index is 6.11. The number of nitrogens with one attached hydrogen (secondary N) is 1. The summed E-state index contributed by atoms with van der Waals surface area (Å²) in [6, 6.07) is 9.67. The van der Waals surface area contributed by atoms with Crippen LogP contribution < -0.4 is 5.32 Å². The summed E-state index contributed by atoms with van der Waals surface area (Å²) in [4.78, 5) is 2.48. The van der Waals surface area contributed by atoms with Crippen LogP contribution in [0.2, 0.25) is 0 Å². The number of benzene rings is 1. The lowest BCUT2D eigenvalue weighted by atomic mass is 10.1. The summed E-state index contributed by atoms with van der Waals surface area (Å²) >= 11 is 0. The minimum atomic E-state index is 0.549. The summed E-state index contributed by atoms with van der Waals surface area (Å²) < 4.78 is 6.11. The van der Waals surface area contributed by atoms with Crippen molar-refractivity contribution in [3.63, 3.8) is 0 Å². The molecule has 114 valence electrons. The molecule has 3 nitrogen and oxygen atoms in total. The van der Waals surface area contributed by atoms with E-state index in [1.54, 1.807) is 0 Å². The molecule has 0 saturated heterocycles. The molecule has 0 radical (unpaired) electrons. The van der Waals surface area contributed by atoms with Crippen molar-refractivity contribution < 1.29 is 4.42 Å². The summed E-state index contributed by atoms with van der Waals surface area (Å²) in [6.45, 7) is 9.62. The number of fused-ring (bicyclic) bond motifs is 1. The summed E-state index contributed by atoms with van der Waals surface area (Å²) in [5.74, 6) is 1.11. The lowest BCUT2D eigenvalue weighted by Crippen LogP contribution is -2.30. The molecule has 1 aromatic heterocycles. The minimum absolute atomic E-state index is 0.549. The van der Waals surface area contributed by atoms with Crippen LogP contribution >= 0.6 is 0 Å². The predicted molar refractivity (Wildman–Crippen MR) is 87.3 cm³/mol. The van der Waals surface area contributed by atoms with Crippen LogP contribution in [0.3, 0.4) is 0 Å². The Labute approximate surface area is 127 Å². The van der Waals surface area contributed by atoms with E-state index in [4.69, 9.17) is 4.42 Å². The summed E-state index contributed by atoms with van der Waals surface area (Å²) in [7, 11) is 0. The van der Waals surface area contributed by atoms with Gasteiger partial charge in [-0.25, -0.2) is 0 Å². The van der Waals surface area contributed by atoms with Crippen LogP contribution in [0, 0.1) is 0 Å². The topological polar surface area (TPSA) is 28.4 Å². The van der Waals surface area contributed by atoms with Gasteiger partial charge in [0.15, 0.2) is 0 Å². The zero-order chi connectivity index (χ0) is 14.8. The van der Waals surface area contributed by atoms with Gasteiger partial charge in [-0.15, -0.1) is 0 Å². The molecular formula is C18H26N2O. The molecule has 1 fully saturated rings. The van der Waals surface area contributed by atoms with Crippen LogP contribution in [-0.2, 0) is 13.1 Å². The summed E-state index contributed by atoms with van der Waals surface area (Å²) in [5, 5.41) is 4.85. The Bertz CT molecular complexity index is 598. The van der Waals surface area contributed by atoms with Gasteiger partial charge in [0.2, 0.25) is 0 Å². The van der Waals surface area contributed by atoms with Crippen molar-refractivity contribution in [3.05, 3.63) is 35.6 Å². The first-order valence-corrected chi connectivity index (χ1v) is 8.15. The van der Waals surface area contributed by atoms with Crippen LogP contribution in [0.1, 0.15) is 44.9 Å². The second-order valence-corrected chi connectivity index (χ2v) is 6.31. The Hall–Kier alpha value is -1.32. The van der Waals surface area contributed by atoms with E-state index in [1.807, 2.05) is 6.07 Å². The largest absolute Gasteiger partial charge is 0.459 e. The lowest BCUT2D eigenvalue weighted by Gasteiger charge is -2.24. The molecule has 1 saturated carbocycles. The third kappa shape index (κ3) is 3.30. The molecule has 0 bridgehead atoms. The van der Waals surface area contributed by atoms with Gasteiger partial charge in [0.1, 0.15) is 11.3 Å². The van der Waals surface area contributed by atoms with Gasteiger partial charge in [-0.2, -0.15) is 0 Å². The highest BCUT2D eigenvalue weighted by Crippen LogP contribution is 2.28. The van der Waals surface area contributed by atoms with Gasteiger partial charge in [-0.3, -0.25) is 4.90 Å². The highest BCUT2D eigenvalue weighted by atomic mass is 16.3. The smallest absolute Gasteiger partial charge is 0.134 e. The zero-order valence-electron chi connectivity index (χ0n) is 13.4. The summed E-state index contributed by atoms with van der Waals surface area (Å²) in [6.07, 6.45) is 2.62. The molecule has 21 heavy (non-hydrogen) atoms. The maximum atomic E-state index is 6.11. The van der Waals surface area contributed by atoms with E-state index < -0.39 is 0 Å². The Balaban J connectivity index is 1.89. The second-order valence-electron chi connectivity index (χ2n) is 6.31. The number of hydrogen-bond acceptors (Lipinski definition) is 3. The Kier molecular flexibility index (Phi) is 4.32. The normalized spacial score (nSPS) is 15.5. The monoisotopic (exact) mass is 286 g/mol. The van der Waals surface area contributed by atoms with Crippen molar-refractivity contribution in [3.8, 4) is 0 Å². The van der Waals surface area contributed by atoms with Crippen molar-refractivity contribution >= 4 is 11.0 Å². The molecule has 3 rings (SSSR count). The van der Waals surface area contributed by atoms with Gasteiger partial charge >= 0.3 is 0 Å². The van der Waals surface area contributed by atoms with Crippen molar-refractivity contribution in [2.45, 2.75) is 58.8 Å². The molecule has 1 aliphatic rings. The third-order valence-electron chi connectivity index (χ3n) is 4.41. The van der Waals surface area contributed by atoms with Crippen LogP contribution in [0.25, 0.3) is 11.0 Å². The number of nitrogens with zero attached hydrogens (tertiary/aromatic N) is 1. The lowest BCUT2D eigenvalue weighted by molar-refractivity contribution is 0.223. The molecule has 0 atom stereocenters. The van der Waals surface area contributed by atoms with Crippen molar-refractivity contribution in [2.75, 3.05) is 6.54 Å².